The number of nitrogens with one attached hydrogen (secondary N) is 2. The third kappa shape index (κ3) is 4.05. The van der Waals surface area contributed by atoms with Gasteiger partial charge in [-0.05, 0) is 36.9 Å². The molecule has 0 amide bonds. The van der Waals surface area contributed by atoms with E-state index in [1.807, 2.05) is 0 Å². The van der Waals surface area contributed by atoms with Crippen molar-refractivity contribution in [2.24, 2.45) is 5.92 Å². The molecule has 1 aromatic carbocycles. The second kappa shape index (κ2) is 7.77. The summed E-state index contributed by atoms with van der Waals surface area (Å²) >= 11 is 0. The molecule has 2 atom stereocenters. The molecule has 3 heteroatoms. The minimum Gasteiger partial charge on any atom is -0.380 e. The molecule has 0 saturated carbocycles. The van der Waals surface area contributed by atoms with Crippen LogP contribution >= 0.6 is 0 Å². The average Bonchev–Trinajstić information content (AvgIpc) is 2.65. The van der Waals surface area contributed by atoms with Crippen LogP contribution in [-0.4, -0.2) is 25.8 Å². The zero-order chi connectivity index (χ0) is 14.4. The van der Waals surface area contributed by atoms with Crippen molar-refractivity contribution in [1.29, 1.82) is 0 Å². The molecule has 2 unspecified atom stereocenters. The first-order valence-corrected chi connectivity index (χ1v) is 7.84. The molecule has 1 aromatic rings. The first-order chi connectivity index (χ1) is 9.72. The van der Waals surface area contributed by atoms with Crippen LogP contribution in [0.15, 0.2) is 24.3 Å². The first kappa shape index (κ1) is 15.5. The summed E-state index contributed by atoms with van der Waals surface area (Å²) < 4.78 is 5.64. The van der Waals surface area contributed by atoms with E-state index in [0.29, 0.717) is 18.0 Å². The van der Waals surface area contributed by atoms with Crippen LogP contribution in [0.25, 0.3) is 0 Å². The van der Waals surface area contributed by atoms with Crippen molar-refractivity contribution in [3.63, 3.8) is 0 Å². The summed E-state index contributed by atoms with van der Waals surface area (Å²) in [6, 6.07) is 9.60. The van der Waals surface area contributed by atoms with Crippen LogP contribution in [0.2, 0.25) is 0 Å². The van der Waals surface area contributed by atoms with Gasteiger partial charge in [-0.1, -0.05) is 38.1 Å². The Labute approximate surface area is 123 Å². The van der Waals surface area contributed by atoms with E-state index in [0.717, 1.165) is 32.7 Å². The highest BCUT2D eigenvalue weighted by molar-refractivity contribution is 5.31. The van der Waals surface area contributed by atoms with Crippen molar-refractivity contribution in [3.05, 3.63) is 35.4 Å². The van der Waals surface area contributed by atoms with Crippen LogP contribution in [-0.2, 0) is 11.3 Å². The molecule has 0 radical (unpaired) electrons. The molecule has 0 saturated heterocycles. The molecular weight excluding hydrogens is 248 g/mol. The molecule has 0 bridgehead atoms. The summed E-state index contributed by atoms with van der Waals surface area (Å²) in [7, 11) is 0. The molecule has 1 heterocycles. The van der Waals surface area contributed by atoms with Crippen LogP contribution in [0.4, 0.5) is 0 Å². The van der Waals surface area contributed by atoms with Gasteiger partial charge in [0.2, 0.25) is 0 Å². The summed E-state index contributed by atoms with van der Waals surface area (Å²) in [5.74, 6) is 0.574. The molecule has 3 nitrogen and oxygen atoms in total. The Morgan fingerprint density at radius 3 is 2.90 bits per heavy atom. The largest absolute Gasteiger partial charge is 0.380 e. The highest BCUT2D eigenvalue weighted by Gasteiger charge is 2.22. The van der Waals surface area contributed by atoms with E-state index < -0.39 is 0 Å². The quantitative estimate of drug-likeness (QED) is 0.838. The Morgan fingerprint density at radius 2 is 2.15 bits per heavy atom. The highest BCUT2D eigenvalue weighted by atomic mass is 16.5. The van der Waals surface area contributed by atoms with E-state index in [2.05, 4.69) is 55.7 Å². The predicted octanol–water partition coefficient (Wildman–Crippen LogP) is 2.87. The highest BCUT2D eigenvalue weighted by Crippen LogP contribution is 2.24. The lowest BCUT2D eigenvalue weighted by molar-refractivity contribution is 0.103. The number of fused-ring (bicyclic) bond motifs is 1. The minimum absolute atomic E-state index is 0.408. The predicted molar refractivity (Wildman–Crippen MR) is 83.8 cm³/mol. The molecule has 1 aliphatic heterocycles. The van der Waals surface area contributed by atoms with E-state index >= 15 is 0 Å². The zero-order valence-corrected chi connectivity index (χ0v) is 13.0. The van der Waals surface area contributed by atoms with Crippen molar-refractivity contribution < 1.29 is 4.74 Å². The van der Waals surface area contributed by atoms with Gasteiger partial charge in [0.05, 0.1) is 6.61 Å². The van der Waals surface area contributed by atoms with E-state index in [-0.39, 0.29) is 0 Å². The standard InChI is InChI=1S/C17H28N2O/c1-4-20-12-17(13(2)3)19-16-9-10-18-11-14-7-5-6-8-15(14)16/h5-8,13,16-19H,4,9-12H2,1-3H3. The Hall–Kier alpha value is -0.900. The maximum atomic E-state index is 5.64. The van der Waals surface area contributed by atoms with Crippen molar-refractivity contribution in [2.75, 3.05) is 19.8 Å². The Kier molecular flexibility index (Phi) is 6.02. The summed E-state index contributed by atoms with van der Waals surface area (Å²) in [6.07, 6.45) is 1.13. The summed E-state index contributed by atoms with van der Waals surface area (Å²) in [4.78, 5) is 0. The van der Waals surface area contributed by atoms with Gasteiger partial charge in [0, 0.05) is 25.2 Å². The second-order valence-electron chi connectivity index (χ2n) is 5.89. The number of hydrogen-bond acceptors (Lipinski definition) is 3. The van der Waals surface area contributed by atoms with Gasteiger partial charge in [-0.2, -0.15) is 0 Å². The fourth-order valence-electron chi connectivity index (χ4n) is 2.77. The number of ether oxygens (including phenoxy) is 1. The molecule has 2 rings (SSSR count). The molecule has 20 heavy (non-hydrogen) atoms. The summed E-state index contributed by atoms with van der Waals surface area (Å²) in [5.41, 5.74) is 2.86. The Balaban J connectivity index is 2.10. The van der Waals surface area contributed by atoms with Crippen LogP contribution in [0.3, 0.4) is 0 Å². The van der Waals surface area contributed by atoms with Gasteiger partial charge in [-0.25, -0.2) is 0 Å². The van der Waals surface area contributed by atoms with E-state index in [9.17, 15) is 0 Å². The smallest absolute Gasteiger partial charge is 0.0622 e. The van der Waals surface area contributed by atoms with Gasteiger partial charge in [-0.15, -0.1) is 0 Å². The summed E-state index contributed by atoms with van der Waals surface area (Å²) in [6.45, 7) is 10.2. The lowest BCUT2D eigenvalue weighted by Crippen LogP contribution is -2.40. The van der Waals surface area contributed by atoms with Crippen molar-refractivity contribution in [3.8, 4) is 0 Å². The van der Waals surface area contributed by atoms with Gasteiger partial charge in [0.15, 0.2) is 0 Å². The molecule has 0 aromatic heterocycles. The summed E-state index contributed by atoms with van der Waals surface area (Å²) in [5, 5.41) is 7.33. The third-order valence-corrected chi connectivity index (χ3v) is 4.08. The number of rotatable bonds is 6. The van der Waals surface area contributed by atoms with Crippen LogP contribution in [0.5, 0.6) is 0 Å². The molecule has 0 aliphatic carbocycles. The SMILES string of the molecule is CCOCC(NC1CCNCc2ccccc21)C(C)C. The van der Waals surface area contributed by atoms with E-state index in [1.54, 1.807) is 0 Å². The van der Waals surface area contributed by atoms with E-state index in [1.165, 1.54) is 11.1 Å². The van der Waals surface area contributed by atoms with E-state index in [4.69, 9.17) is 4.74 Å². The van der Waals surface area contributed by atoms with Crippen molar-refractivity contribution in [2.45, 2.75) is 45.8 Å². The normalized spacial score (nSPS) is 20.5. The molecular formula is C17H28N2O. The fraction of sp³-hybridized carbons (Fsp3) is 0.647. The Bertz CT molecular complexity index is 406. The van der Waals surface area contributed by atoms with Crippen molar-refractivity contribution in [1.82, 2.24) is 10.6 Å². The molecule has 0 spiro atoms. The minimum atomic E-state index is 0.408. The van der Waals surface area contributed by atoms with Crippen LogP contribution < -0.4 is 10.6 Å². The van der Waals surface area contributed by atoms with Gasteiger partial charge in [0.25, 0.3) is 0 Å². The maximum Gasteiger partial charge on any atom is 0.0622 e. The van der Waals surface area contributed by atoms with Crippen LogP contribution in [0, 0.1) is 5.92 Å². The fourth-order valence-corrected chi connectivity index (χ4v) is 2.77. The second-order valence-corrected chi connectivity index (χ2v) is 5.89. The lowest BCUT2D eigenvalue weighted by Gasteiger charge is -2.28. The van der Waals surface area contributed by atoms with Gasteiger partial charge in [-0.3, -0.25) is 0 Å². The van der Waals surface area contributed by atoms with Crippen molar-refractivity contribution >= 4 is 0 Å². The lowest BCUT2D eigenvalue weighted by atomic mass is 9.96. The van der Waals surface area contributed by atoms with Gasteiger partial charge in [0.1, 0.15) is 0 Å². The number of hydrogen-bond donors (Lipinski definition) is 2. The third-order valence-electron chi connectivity index (χ3n) is 4.08. The monoisotopic (exact) mass is 276 g/mol. The molecule has 1 aliphatic rings. The topological polar surface area (TPSA) is 33.3 Å². The Morgan fingerprint density at radius 1 is 1.35 bits per heavy atom. The van der Waals surface area contributed by atoms with Crippen LogP contribution in [0.1, 0.15) is 44.4 Å². The maximum absolute atomic E-state index is 5.64. The molecule has 0 fully saturated rings. The van der Waals surface area contributed by atoms with Gasteiger partial charge < -0.3 is 15.4 Å². The molecule has 112 valence electrons. The number of benzene rings is 1. The average molecular weight is 276 g/mol. The zero-order valence-electron chi connectivity index (χ0n) is 13.0. The van der Waals surface area contributed by atoms with Gasteiger partial charge >= 0.3 is 0 Å². The molecule has 2 N–H and O–H groups in total. The first-order valence-electron chi connectivity index (χ1n) is 7.84.